The Balaban J connectivity index is 2.47. The summed E-state index contributed by atoms with van der Waals surface area (Å²) in [6.45, 7) is 0. The van der Waals surface area contributed by atoms with Crippen LogP contribution in [0.5, 0.6) is 5.75 Å². The van der Waals surface area contributed by atoms with E-state index in [1.165, 1.54) is 0 Å². The molecule has 0 spiro atoms. The quantitative estimate of drug-likeness (QED) is 0.402. The second-order valence-corrected chi connectivity index (χ2v) is 2.42. The Labute approximate surface area is 74.9 Å². The monoisotopic (exact) mass is 184 g/mol. The maximum atomic E-state index is 10.7. The average molecular weight is 184 g/mol. The van der Waals surface area contributed by atoms with Crippen molar-refractivity contribution in [2.75, 3.05) is 6.26 Å². The van der Waals surface area contributed by atoms with Gasteiger partial charge in [0.25, 0.3) is 0 Å². The summed E-state index contributed by atoms with van der Waals surface area (Å²) in [7, 11) is 0. The Morgan fingerprint density at radius 1 is 1.33 bits per heavy atom. The molecule has 0 atom stereocenters. The molecule has 1 aromatic carbocycles. The van der Waals surface area contributed by atoms with Gasteiger partial charge in [-0.3, -0.25) is 0 Å². The lowest BCUT2D eigenvalue weighted by molar-refractivity contribution is 0.160. The minimum Gasteiger partial charge on any atom is -0.394 e. The number of hydrogen-bond donors (Lipinski definition) is 0. The zero-order valence-corrected chi connectivity index (χ0v) is 7.34. The fourth-order valence-corrected chi connectivity index (χ4v) is 0.840. The third-order valence-corrected chi connectivity index (χ3v) is 1.40. The number of ether oxygens (including phenoxy) is 1. The number of hydrogen-bond acceptors (Lipinski definition) is 4. The van der Waals surface area contributed by atoms with Gasteiger partial charge < -0.3 is 8.92 Å². The first-order chi connectivity index (χ1) is 5.83. The van der Waals surface area contributed by atoms with E-state index in [1.807, 2.05) is 6.07 Å². The summed E-state index contributed by atoms with van der Waals surface area (Å²) >= 11 is 0.954. The van der Waals surface area contributed by atoms with Crippen LogP contribution in [-0.2, 0) is 4.18 Å². The highest BCUT2D eigenvalue weighted by atomic mass is 32.2. The highest BCUT2D eigenvalue weighted by molar-refractivity contribution is 7.94. The molecule has 0 saturated heterocycles. The molecular formula is C8H8O3S. The van der Waals surface area contributed by atoms with E-state index >= 15 is 0 Å². The Morgan fingerprint density at radius 3 is 2.58 bits per heavy atom. The minimum absolute atomic E-state index is 0.483. The zero-order chi connectivity index (χ0) is 8.81. The van der Waals surface area contributed by atoms with Crippen LogP contribution in [0.4, 0.5) is 4.79 Å². The van der Waals surface area contributed by atoms with Gasteiger partial charge in [0, 0.05) is 6.26 Å². The molecule has 3 nitrogen and oxygen atoms in total. The number of benzene rings is 1. The maximum Gasteiger partial charge on any atom is 0.526 e. The second-order valence-electron chi connectivity index (χ2n) is 1.92. The molecule has 0 bridgehead atoms. The van der Waals surface area contributed by atoms with Crippen LogP contribution in [0.2, 0.25) is 0 Å². The van der Waals surface area contributed by atoms with Crippen molar-refractivity contribution >= 4 is 18.2 Å². The third kappa shape index (κ3) is 2.84. The number of rotatable bonds is 2. The molecule has 0 aromatic heterocycles. The standard InChI is InChI=1S/C8H8O3S/c1-12-11-8(9)10-7-5-3-2-4-6-7/h2-6H,1H3. The van der Waals surface area contributed by atoms with Crippen LogP contribution in [0.1, 0.15) is 0 Å². The van der Waals surface area contributed by atoms with Crippen molar-refractivity contribution in [1.29, 1.82) is 0 Å². The Kier molecular flexibility index (Phi) is 3.47. The van der Waals surface area contributed by atoms with Crippen molar-refractivity contribution in [3.05, 3.63) is 30.3 Å². The number of para-hydroxylation sites is 1. The molecule has 0 heterocycles. The fourth-order valence-electron chi connectivity index (χ4n) is 0.670. The van der Waals surface area contributed by atoms with E-state index in [0.717, 1.165) is 12.0 Å². The van der Waals surface area contributed by atoms with Crippen LogP contribution >= 0.6 is 12.0 Å². The van der Waals surface area contributed by atoms with E-state index in [4.69, 9.17) is 4.74 Å². The molecule has 4 heteroatoms. The predicted molar refractivity (Wildman–Crippen MR) is 47.1 cm³/mol. The average Bonchev–Trinajstić information content (AvgIpc) is 2.06. The molecule has 0 radical (unpaired) electrons. The van der Waals surface area contributed by atoms with E-state index in [2.05, 4.69) is 4.18 Å². The van der Waals surface area contributed by atoms with Crippen LogP contribution in [0.15, 0.2) is 30.3 Å². The molecule has 0 amide bonds. The van der Waals surface area contributed by atoms with Gasteiger partial charge in [-0.25, -0.2) is 4.79 Å². The molecule has 0 unspecified atom stereocenters. The first kappa shape index (κ1) is 8.93. The lowest BCUT2D eigenvalue weighted by Crippen LogP contribution is -2.05. The van der Waals surface area contributed by atoms with E-state index in [0.29, 0.717) is 5.75 Å². The summed E-state index contributed by atoms with van der Waals surface area (Å²) < 4.78 is 9.27. The summed E-state index contributed by atoms with van der Waals surface area (Å²) in [5, 5.41) is 0. The van der Waals surface area contributed by atoms with Gasteiger partial charge in [-0.2, -0.15) is 0 Å². The van der Waals surface area contributed by atoms with E-state index in [-0.39, 0.29) is 0 Å². The van der Waals surface area contributed by atoms with Gasteiger partial charge in [-0.05, 0) is 12.1 Å². The predicted octanol–water partition coefficient (Wildman–Crippen LogP) is 2.48. The summed E-state index contributed by atoms with van der Waals surface area (Å²) in [6.07, 6.45) is 0.945. The van der Waals surface area contributed by atoms with Gasteiger partial charge in [-0.15, -0.1) is 0 Å². The molecule has 0 aliphatic heterocycles. The number of carbonyl (C=O) groups excluding carboxylic acids is 1. The minimum atomic E-state index is -0.700. The molecule has 0 aliphatic carbocycles. The molecule has 12 heavy (non-hydrogen) atoms. The molecule has 0 saturated carbocycles. The molecule has 64 valence electrons. The topological polar surface area (TPSA) is 35.5 Å². The normalized spacial score (nSPS) is 9.08. The van der Waals surface area contributed by atoms with E-state index in [9.17, 15) is 4.79 Å². The van der Waals surface area contributed by atoms with Crippen LogP contribution in [0.3, 0.4) is 0 Å². The molecule has 1 rings (SSSR count). The third-order valence-electron chi connectivity index (χ3n) is 1.10. The zero-order valence-electron chi connectivity index (χ0n) is 6.52. The largest absolute Gasteiger partial charge is 0.526 e. The first-order valence-corrected chi connectivity index (χ1v) is 4.45. The van der Waals surface area contributed by atoms with Crippen molar-refractivity contribution in [3.63, 3.8) is 0 Å². The van der Waals surface area contributed by atoms with Crippen molar-refractivity contribution < 1.29 is 13.7 Å². The Morgan fingerprint density at radius 2 is 2.00 bits per heavy atom. The highest BCUT2D eigenvalue weighted by Crippen LogP contribution is 2.10. The van der Waals surface area contributed by atoms with Crippen molar-refractivity contribution in [3.8, 4) is 5.75 Å². The summed E-state index contributed by atoms with van der Waals surface area (Å²) in [5.41, 5.74) is 0. The van der Waals surface area contributed by atoms with Gasteiger partial charge in [0.1, 0.15) is 5.75 Å². The SMILES string of the molecule is CSOC(=O)Oc1ccccc1. The molecule has 0 aliphatic rings. The van der Waals surface area contributed by atoms with Gasteiger partial charge in [-0.1, -0.05) is 18.2 Å². The van der Waals surface area contributed by atoms with Crippen LogP contribution in [0, 0.1) is 0 Å². The molecule has 0 fully saturated rings. The van der Waals surface area contributed by atoms with E-state index < -0.39 is 6.16 Å². The smallest absolute Gasteiger partial charge is 0.394 e. The van der Waals surface area contributed by atoms with Crippen molar-refractivity contribution in [1.82, 2.24) is 0 Å². The Hall–Kier alpha value is -1.16. The van der Waals surface area contributed by atoms with Crippen molar-refractivity contribution in [2.24, 2.45) is 0 Å². The maximum absolute atomic E-state index is 10.7. The highest BCUT2D eigenvalue weighted by Gasteiger charge is 2.03. The lowest BCUT2D eigenvalue weighted by atomic mass is 10.3. The second kappa shape index (κ2) is 4.66. The van der Waals surface area contributed by atoms with Gasteiger partial charge >= 0.3 is 6.16 Å². The van der Waals surface area contributed by atoms with Crippen LogP contribution in [-0.4, -0.2) is 12.4 Å². The summed E-state index contributed by atoms with van der Waals surface area (Å²) in [5.74, 6) is 0.483. The first-order valence-electron chi connectivity index (χ1n) is 3.30. The van der Waals surface area contributed by atoms with Gasteiger partial charge in [0.05, 0.1) is 12.0 Å². The fraction of sp³-hybridized carbons (Fsp3) is 0.125. The van der Waals surface area contributed by atoms with E-state index in [1.54, 1.807) is 30.5 Å². The number of carbonyl (C=O) groups is 1. The van der Waals surface area contributed by atoms with Crippen LogP contribution < -0.4 is 4.74 Å². The molecule has 1 aromatic rings. The Bertz CT molecular complexity index is 248. The van der Waals surface area contributed by atoms with Gasteiger partial charge in [0.15, 0.2) is 0 Å². The summed E-state index contributed by atoms with van der Waals surface area (Å²) in [6, 6.07) is 8.76. The van der Waals surface area contributed by atoms with Crippen LogP contribution in [0.25, 0.3) is 0 Å². The molecule has 0 N–H and O–H groups in total. The van der Waals surface area contributed by atoms with Crippen molar-refractivity contribution in [2.45, 2.75) is 0 Å². The van der Waals surface area contributed by atoms with Gasteiger partial charge in [0.2, 0.25) is 0 Å². The lowest BCUT2D eigenvalue weighted by Gasteiger charge is -2.00. The molecular weight excluding hydrogens is 176 g/mol. The summed E-state index contributed by atoms with van der Waals surface area (Å²) in [4.78, 5) is 10.7.